The molecule has 0 aliphatic heterocycles. The average molecular weight is 419 g/mol. The van der Waals surface area contributed by atoms with Crippen LogP contribution in [0.15, 0.2) is 57.8 Å². The maximum absolute atomic E-state index is 14.2. The fourth-order valence-electron chi connectivity index (χ4n) is 2.84. The zero-order chi connectivity index (χ0) is 18.8. The van der Waals surface area contributed by atoms with Crippen molar-refractivity contribution in [3.63, 3.8) is 0 Å². The van der Waals surface area contributed by atoms with Gasteiger partial charge in [0, 0.05) is 12.2 Å². The van der Waals surface area contributed by atoms with E-state index in [-0.39, 0.29) is 10.2 Å². The summed E-state index contributed by atoms with van der Waals surface area (Å²) in [7, 11) is 0. The fourth-order valence-corrected chi connectivity index (χ4v) is 3.45. The summed E-state index contributed by atoms with van der Waals surface area (Å²) in [4.78, 5) is 12.8. The number of anilines is 1. The van der Waals surface area contributed by atoms with Crippen LogP contribution in [0.5, 0.6) is 0 Å². The van der Waals surface area contributed by atoms with Gasteiger partial charge in [-0.15, -0.1) is 0 Å². The van der Waals surface area contributed by atoms with E-state index in [2.05, 4.69) is 21.2 Å². The molecule has 0 unspecified atom stereocenters. The minimum atomic E-state index is -0.786. The van der Waals surface area contributed by atoms with Crippen LogP contribution in [0.25, 0.3) is 5.69 Å². The van der Waals surface area contributed by atoms with Crippen LogP contribution in [-0.4, -0.2) is 4.57 Å². The molecule has 2 aromatic carbocycles. The lowest BCUT2D eigenvalue weighted by molar-refractivity contribution is 0.564. The van der Waals surface area contributed by atoms with Gasteiger partial charge in [0.2, 0.25) is 0 Å². The van der Waals surface area contributed by atoms with Gasteiger partial charge in [0.05, 0.1) is 5.69 Å². The van der Waals surface area contributed by atoms with E-state index < -0.39 is 17.2 Å². The summed E-state index contributed by atoms with van der Waals surface area (Å²) >= 11 is 3.30. The molecule has 0 radical (unpaired) electrons. The fraction of sp³-hybridized carbons (Fsp3) is 0.150. The highest BCUT2D eigenvalue weighted by atomic mass is 79.9. The predicted octanol–water partition coefficient (Wildman–Crippen LogP) is 5.11. The maximum atomic E-state index is 14.2. The third kappa shape index (κ3) is 3.29. The zero-order valence-corrected chi connectivity index (χ0v) is 15.9. The van der Waals surface area contributed by atoms with Crippen LogP contribution >= 0.6 is 15.9 Å². The molecule has 1 heterocycles. The van der Waals surface area contributed by atoms with Crippen molar-refractivity contribution >= 4 is 21.6 Å². The topological polar surface area (TPSA) is 34.0 Å². The first-order valence-corrected chi connectivity index (χ1v) is 8.85. The highest BCUT2D eigenvalue weighted by Gasteiger charge is 2.20. The van der Waals surface area contributed by atoms with Crippen LogP contribution in [0.3, 0.4) is 0 Å². The second kappa shape index (κ2) is 7.41. The highest BCUT2D eigenvalue weighted by molar-refractivity contribution is 9.10. The Kier molecular flexibility index (Phi) is 5.23. The van der Waals surface area contributed by atoms with E-state index in [1.165, 1.54) is 6.07 Å². The van der Waals surface area contributed by atoms with Crippen LogP contribution in [0, 0.1) is 25.5 Å². The van der Waals surface area contributed by atoms with Crippen LogP contribution < -0.4 is 10.9 Å². The van der Waals surface area contributed by atoms with Gasteiger partial charge in [-0.3, -0.25) is 9.36 Å². The molecule has 0 bridgehead atoms. The Morgan fingerprint density at radius 3 is 2.23 bits per heavy atom. The van der Waals surface area contributed by atoms with Gasteiger partial charge >= 0.3 is 0 Å². The summed E-state index contributed by atoms with van der Waals surface area (Å²) < 4.78 is 29.7. The van der Waals surface area contributed by atoms with Crippen molar-refractivity contribution in [3.8, 4) is 5.69 Å². The first kappa shape index (κ1) is 18.3. The summed E-state index contributed by atoms with van der Waals surface area (Å²) in [6, 6.07) is 13.3. The van der Waals surface area contributed by atoms with Crippen molar-refractivity contribution < 1.29 is 8.78 Å². The molecule has 26 heavy (non-hydrogen) atoms. The molecule has 3 rings (SSSR count). The first-order chi connectivity index (χ1) is 12.4. The molecular weight excluding hydrogens is 402 g/mol. The molecule has 0 saturated carbocycles. The maximum Gasteiger partial charge on any atom is 0.271 e. The van der Waals surface area contributed by atoms with E-state index in [4.69, 9.17) is 0 Å². The number of aromatic nitrogens is 1. The van der Waals surface area contributed by atoms with E-state index in [1.54, 1.807) is 6.92 Å². The van der Waals surface area contributed by atoms with Crippen molar-refractivity contribution in [2.75, 3.05) is 5.32 Å². The number of hydrogen-bond acceptors (Lipinski definition) is 2. The van der Waals surface area contributed by atoms with E-state index in [0.29, 0.717) is 17.9 Å². The molecular formula is C20H17BrF2N2O. The van der Waals surface area contributed by atoms with Crippen molar-refractivity contribution in [3.05, 3.63) is 91.8 Å². The molecule has 6 heteroatoms. The standard InChI is InChI=1S/C20H17BrF2N2O/c1-12-13(2)25(19-15(22)9-6-10-16(19)23)20(26)17(21)18(12)24-11-14-7-4-3-5-8-14/h3-10,24H,11H2,1-2H3. The van der Waals surface area contributed by atoms with Crippen LogP contribution in [0.1, 0.15) is 16.8 Å². The lowest BCUT2D eigenvalue weighted by Gasteiger charge is -2.19. The lowest BCUT2D eigenvalue weighted by atomic mass is 10.1. The van der Waals surface area contributed by atoms with Gasteiger partial charge in [0.1, 0.15) is 21.8 Å². The molecule has 0 fully saturated rings. The van der Waals surface area contributed by atoms with Crippen molar-refractivity contribution in [2.45, 2.75) is 20.4 Å². The number of rotatable bonds is 4. The molecule has 0 aliphatic carbocycles. The number of benzene rings is 2. The Hall–Kier alpha value is -2.47. The Labute approximate surface area is 158 Å². The van der Waals surface area contributed by atoms with Crippen LogP contribution in [0.2, 0.25) is 0 Å². The monoisotopic (exact) mass is 418 g/mol. The summed E-state index contributed by atoms with van der Waals surface area (Å²) in [6.07, 6.45) is 0. The average Bonchev–Trinajstić information content (AvgIpc) is 2.63. The Morgan fingerprint density at radius 2 is 1.62 bits per heavy atom. The first-order valence-electron chi connectivity index (χ1n) is 8.05. The zero-order valence-electron chi connectivity index (χ0n) is 14.3. The minimum absolute atomic E-state index is 0.235. The number of pyridine rings is 1. The van der Waals surface area contributed by atoms with Gasteiger partial charge in [-0.05, 0) is 53.0 Å². The van der Waals surface area contributed by atoms with Gasteiger partial charge in [0.25, 0.3) is 5.56 Å². The highest BCUT2D eigenvalue weighted by Crippen LogP contribution is 2.28. The molecule has 0 spiro atoms. The number of hydrogen-bond donors (Lipinski definition) is 1. The van der Waals surface area contributed by atoms with Crippen molar-refractivity contribution in [2.24, 2.45) is 0 Å². The third-order valence-electron chi connectivity index (χ3n) is 4.34. The van der Waals surface area contributed by atoms with Gasteiger partial charge in [-0.2, -0.15) is 0 Å². The lowest BCUT2D eigenvalue weighted by Crippen LogP contribution is -2.26. The molecule has 3 aromatic rings. The van der Waals surface area contributed by atoms with Gasteiger partial charge in [-0.25, -0.2) is 8.78 Å². The molecule has 0 aliphatic rings. The van der Waals surface area contributed by atoms with E-state index >= 15 is 0 Å². The summed E-state index contributed by atoms with van der Waals surface area (Å²) in [5, 5.41) is 3.24. The molecule has 0 amide bonds. The van der Waals surface area contributed by atoms with E-state index in [1.807, 2.05) is 37.3 Å². The third-order valence-corrected chi connectivity index (χ3v) is 5.07. The Balaban J connectivity index is 2.10. The number of halogens is 3. The number of nitrogens with zero attached hydrogens (tertiary/aromatic N) is 1. The smallest absolute Gasteiger partial charge is 0.271 e. The van der Waals surface area contributed by atoms with E-state index in [9.17, 15) is 13.6 Å². The van der Waals surface area contributed by atoms with Gasteiger partial charge in [-0.1, -0.05) is 36.4 Å². The second-order valence-corrected chi connectivity index (χ2v) is 6.74. The molecule has 0 saturated heterocycles. The quantitative estimate of drug-likeness (QED) is 0.638. The predicted molar refractivity (Wildman–Crippen MR) is 103 cm³/mol. The normalized spacial score (nSPS) is 10.8. The van der Waals surface area contributed by atoms with Crippen molar-refractivity contribution in [1.82, 2.24) is 4.57 Å². The Bertz CT molecular complexity index is 996. The van der Waals surface area contributed by atoms with Gasteiger partial charge < -0.3 is 5.32 Å². The molecule has 0 atom stereocenters. The number of para-hydroxylation sites is 1. The van der Waals surface area contributed by atoms with E-state index in [0.717, 1.165) is 27.8 Å². The molecule has 1 aromatic heterocycles. The molecule has 3 nitrogen and oxygen atoms in total. The Morgan fingerprint density at radius 1 is 1.00 bits per heavy atom. The van der Waals surface area contributed by atoms with Crippen LogP contribution in [-0.2, 0) is 6.54 Å². The summed E-state index contributed by atoms with van der Waals surface area (Å²) in [6.45, 7) is 4.00. The summed E-state index contributed by atoms with van der Waals surface area (Å²) in [5.41, 5.74) is 1.99. The van der Waals surface area contributed by atoms with Crippen LogP contribution in [0.4, 0.5) is 14.5 Å². The largest absolute Gasteiger partial charge is 0.380 e. The minimum Gasteiger partial charge on any atom is -0.380 e. The molecule has 1 N–H and O–H groups in total. The SMILES string of the molecule is Cc1c(NCc2ccccc2)c(Br)c(=O)n(-c2c(F)cccc2F)c1C. The second-order valence-electron chi connectivity index (χ2n) is 5.95. The number of nitrogens with one attached hydrogen (secondary N) is 1. The molecule has 134 valence electrons. The van der Waals surface area contributed by atoms with Gasteiger partial charge in [0.15, 0.2) is 0 Å². The van der Waals surface area contributed by atoms with Crippen molar-refractivity contribution in [1.29, 1.82) is 0 Å². The summed E-state index contributed by atoms with van der Waals surface area (Å²) in [5.74, 6) is -1.57.